The highest BCUT2D eigenvalue weighted by molar-refractivity contribution is 5.79. The Hall–Kier alpha value is -2.80. The Morgan fingerprint density at radius 1 is 1.19 bits per heavy atom. The van der Waals surface area contributed by atoms with Crippen molar-refractivity contribution in [2.24, 2.45) is 10.9 Å². The van der Waals surface area contributed by atoms with Gasteiger partial charge in [-0.05, 0) is 37.5 Å². The van der Waals surface area contributed by atoms with Gasteiger partial charge < -0.3 is 24.8 Å². The number of nitrogens with one attached hydrogen (secondary N) is 2. The first-order valence-electron chi connectivity index (χ1n) is 11.5. The summed E-state index contributed by atoms with van der Waals surface area (Å²) in [4.78, 5) is 8.73. The van der Waals surface area contributed by atoms with Gasteiger partial charge in [-0.2, -0.15) is 0 Å². The van der Waals surface area contributed by atoms with E-state index in [2.05, 4.69) is 52.7 Å². The minimum Gasteiger partial charge on any atom is -0.493 e. The van der Waals surface area contributed by atoms with E-state index in [4.69, 9.17) is 14.2 Å². The molecule has 174 valence electrons. The van der Waals surface area contributed by atoms with E-state index in [0.29, 0.717) is 44.1 Å². The van der Waals surface area contributed by atoms with Crippen molar-refractivity contribution in [1.82, 2.24) is 15.6 Å². The lowest BCUT2D eigenvalue weighted by molar-refractivity contribution is 0.166. The molecule has 1 aliphatic heterocycles. The fourth-order valence-electron chi connectivity index (χ4n) is 3.44. The molecule has 2 N–H and O–H groups in total. The van der Waals surface area contributed by atoms with Gasteiger partial charge in [0.2, 0.25) is 5.88 Å². The standard InChI is InChI=1S/C25H36N4O3/c1-4-5-12-31-24-22(7-6-11-27-24)16-29-25(26-3)28-15-21-9-8-19(2)14-23(21)32-18-20-10-13-30-17-20/h6-9,11,14,20H,4-5,10,12-13,15-18H2,1-3H3,(H2,26,28,29). The zero-order valence-electron chi connectivity index (χ0n) is 19.5. The third-order valence-corrected chi connectivity index (χ3v) is 5.42. The number of ether oxygens (including phenoxy) is 3. The molecule has 7 heteroatoms. The number of rotatable bonds is 11. The number of nitrogens with zero attached hydrogens (tertiary/aromatic N) is 2. The average Bonchev–Trinajstić information content (AvgIpc) is 3.33. The molecule has 1 atom stereocenters. The molecular formula is C25H36N4O3. The summed E-state index contributed by atoms with van der Waals surface area (Å²) in [7, 11) is 1.77. The van der Waals surface area contributed by atoms with Gasteiger partial charge in [-0.15, -0.1) is 0 Å². The molecule has 1 unspecified atom stereocenters. The van der Waals surface area contributed by atoms with Crippen LogP contribution in [0.4, 0.5) is 0 Å². The van der Waals surface area contributed by atoms with E-state index in [1.165, 1.54) is 5.56 Å². The van der Waals surface area contributed by atoms with Gasteiger partial charge >= 0.3 is 0 Å². The minimum absolute atomic E-state index is 0.471. The lowest BCUT2D eigenvalue weighted by Gasteiger charge is -2.17. The van der Waals surface area contributed by atoms with E-state index in [-0.39, 0.29) is 0 Å². The second-order valence-electron chi connectivity index (χ2n) is 8.10. The number of aryl methyl sites for hydroxylation is 1. The molecule has 1 aromatic heterocycles. The van der Waals surface area contributed by atoms with Crippen molar-refractivity contribution in [2.45, 2.75) is 46.2 Å². The van der Waals surface area contributed by atoms with Crippen molar-refractivity contribution < 1.29 is 14.2 Å². The Labute approximate surface area is 191 Å². The summed E-state index contributed by atoms with van der Waals surface area (Å²) in [6, 6.07) is 10.3. The molecule has 0 aliphatic carbocycles. The third-order valence-electron chi connectivity index (χ3n) is 5.42. The van der Waals surface area contributed by atoms with Crippen LogP contribution in [0.5, 0.6) is 11.6 Å². The zero-order valence-corrected chi connectivity index (χ0v) is 19.5. The largest absolute Gasteiger partial charge is 0.493 e. The summed E-state index contributed by atoms with van der Waals surface area (Å²) in [6.07, 6.45) is 4.93. The van der Waals surface area contributed by atoms with Gasteiger partial charge in [0.25, 0.3) is 0 Å². The summed E-state index contributed by atoms with van der Waals surface area (Å²) in [5, 5.41) is 6.74. The predicted molar refractivity (Wildman–Crippen MR) is 127 cm³/mol. The number of guanidine groups is 1. The number of unbranched alkanes of at least 4 members (excludes halogenated alkanes) is 1. The van der Waals surface area contributed by atoms with Gasteiger partial charge in [-0.25, -0.2) is 4.98 Å². The summed E-state index contributed by atoms with van der Waals surface area (Å²) in [5.74, 6) is 2.77. The van der Waals surface area contributed by atoms with E-state index in [9.17, 15) is 0 Å². The van der Waals surface area contributed by atoms with Crippen LogP contribution >= 0.6 is 0 Å². The maximum Gasteiger partial charge on any atom is 0.218 e. The van der Waals surface area contributed by atoms with Crippen LogP contribution in [0.25, 0.3) is 0 Å². The van der Waals surface area contributed by atoms with Gasteiger partial charge in [-0.1, -0.05) is 31.5 Å². The Morgan fingerprint density at radius 3 is 2.78 bits per heavy atom. The molecule has 2 heterocycles. The molecule has 2 aromatic rings. The summed E-state index contributed by atoms with van der Waals surface area (Å²) in [6.45, 7) is 8.40. The van der Waals surface area contributed by atoms with Gasteiger partial charge in [0.15, 0.2) is 5.96 Å². The van der Waals surface area contributed by atoms with Crippen LogP contribution in [-0.4, -0.2) is 44.4 Å². The van der Waals surface area contributed by atoms with Crippen LogP contribution in [0.1, 0.15) is 42.9 Å². The number of hydrogen-bond acceptors (Lipinski definition) is 5. The number of benzene rings is 1. The zero-order chi connectivity index (χ0) is 22.6. The van der Waals surface area contributed by atoms with Crippen molar-refractivity contribution in [3.63, 3.8) is 0 Å². The molecule has 1 aliphatic rings. The molecule has 32 heavy (non-hydrogen) atoms. The van der Waals surface area contributed by atoms with Crippen LogP contribution < -0.4 is 20.1 Å². The fraction of sp³-hybridized carbons (Fsp3) is 0.520. The molecule has 0 radical (unpaired) electrons. The first-order chi connectivity index (χ1) is 15.7. The molecular weight excluding hydrogens is 404 g/mol. The van der Waals surface area contributed by atoms with Crippen LogP contribution in [0.15, 0.2) is 41.5 Å². The smallest absolute Gasteiger partial charge is 0.218 e. The molecule has 0 amide bonds. The highest BCUT2D eigenvalue weighted by atomic mass is 16.5. The van der Waals surface area contributed by atoms with Gasteiger partial charge in [0.05, 0.1) is 19.8 Å². The molecule has 0 bridgehead atoms. The SMILES string of the molecule is CCCCOc1ncccc1CNC(=NC)NCc1ccc(C)cc1OCC1CCOC1. The highest BCUT2D eigenvalue weighted by Crippen LogP contribution is 2.23. The van der Waals surface area contributed by atoms with Crippen LogP contribution in [0, 0.1) is 12.8 Å². The van der Waals surface area contributed by atoms with Gasteiger partial charge in [0.1, 0.15) is 5.75 Å². The number of hydrogen-bond donors (Lipinski definition) is 2. The first-order valence-corrected chi connectivity index (χ1v) is 11.5. The van der Waals surface area contributed by atoms with Gasteiger partial charge in [-0.3, -0.25) is 4.99 Å². The minimum atomic E-state index is 0.471. The van der Waals surface area contributed by atoms with Crippen molar-refractivity contribution in [3.8, 4) is 11.6 Å². The monoisotopic (exact) mass is 440 g/mol. The summed E-state index contributed by atoms with van der Waals surface area (Å²) in [5.41, 5.74) is 3.29. The maximum atomic E-state index is 6.15. The van der Waals surface area contributed by atoms with Crippen LogP contribution in [0.2, 0.25) is 0 Å². The third kappa shape index (κ3) is 7.41. The second-order valence-corrected chi connectivity index (χ2v) is 8.10. The maximum absolute atomic E-state index is 6.15. The van der Waals surface area contributed by atoms with E-state index >= 15 is 0 Å². The number of pyridine rings is 1. The fourth-order valence-corrected chi connectivity index (χ4v) is 3.44. The van der Waals surface area contributed by atoms with Crippen molar-refractivity contribution >= 4 is 5.96 Å². The highest BCUT2D eigenvalue weighted by Gasteiger charge is 2.17. The second kappa shape index (κ2) is 12.9. The number of aliphatic imine (C=N–C) groups is 1. The normalized spacial score (nSPS) is 16.1. The Kier molecular flexibility index (Phi) is 9.62. The Morgan fingerprint density at radius 2 is 2.03 bits per heavy atom. The molecule has 0 saturated carbocycles. The molecule has 7 nitrogen and oxygen atoms in total. The topological polar surface area (TPSA) is 77.0 Å². The summed E-state index contributed by atoms with van der Waals surface area (Å²) < 4.78 is 17.4. The van der Waals surface area contributed by atoms with E-state index in [1.54, 1.807) is 13.2 Å². The predicted octanol–water partition coefficient (Wildman–Crippen LogP) is 3.85. The Bertz CT molecular complexity index is 866. The van der Waals surface area contributed by atoms with Crippen LogP contribution in [0.3, 0.4) is 0 Å². The van der Waals surface area contributed by atoms with E-state index < -0.39 is 0 Å². The lowest BCUT2D eigenvalue weighted by atomic mass is 10.1. The molecule has 0 spiro atoms. The first kappa shape index (κ1) is 23.9. The quantitative estimate of drug-likeness (QED) is 0.314. The average molecular weight is 441 g/mol. The Balaban J connectivity index is 1.54. The molecule has 3 rings (SSSR count). The van der Waals surface area contributed by atoms with Crippen molar-refractivity contribution in [2.75, 3.05) is 33.5 Å². The van der Waals surface area contributed by atoms with Crippen LogP contribution in [-0.2, 0) is 17.8 Å². The van der Waals surface area contributed by atoms with E-state index in [0.717, 1.165) is 49.4 Å². The molecule has 1 fully saturated rings. The molecule has 1 saturated heterocycles. The van der Waals surface area contributed by atoms with E-state index in [1.807, 2.05) is 12.1 Å². The summed E-state index contributed by atoms with van der Waals surface area (Å²) >= 11 is 0. The lowest BCUT2D eigenvalue weighted by Crippen LogP contribution is -2.36. The van der Waals surface area contributed by atoms with Crippen molar-refractivity contribution in [3.05, 3.63) is 53.2 Å². The number of aromatic nitrogens is 1. The molecule has 1 aromatic carbocycles. The van der Waals surface area contributed by atoms with Gasteiger partial charge in [0, 0.05) is 50.0 Å². The van der Waals surface area contributed by atoms with Crippen molar-refractivity contribution in [1.29, 1.82) is 0 Å².